The summed E-state index contributed by atoms with van der Waals surface area (Å²) in [5.74, 6) is -4.43. The molecule has 3 unspecified atom stereocenters. The second-order valence-electron chi connectivity index (χ2n) is 16.3. The lowest BCUT2D eigenvalue weighted by atomic mass is 9.78. The van der Waals surface area contributed by atoms with Gasteiger partial charge in [0.2, 0.25) is 11.8 Å². The molecule has 2 aliphatic rings. The number of likely N-dealkylation sites (tertiary alicyclic amines) is 1. The predicted molar refractivity (Wildman–Crippen MR) is 209 cm³/mol. The SMILES string of the molecule is CC(C)(C)OC(=O)N1CC(F)C(CN(C(=O)CO)C(c2nc(-c3cc(F)ccc3F)cn2Cc2ccccc2)C(C)(C)CC(=O)NCCOCCN2C(=O)C=CC2=O)C1. The topological polar surface area (TPSA) is 164 Å². The first-order valence-corrected chi connectivity index (χ1v) is 19.3. The quantitative estimate of drug-likeness (QED) is 0.148. The number of nitrogens with zero attached hydrogens (tertiary/aromatic N) is 5. The molecule has 1 aromatic heterocycles. The van der Waals surface area contributed by atoms with Crippen molar-refractivity contribution < 1.29 is 51.7 Å². The van der Waals surface area contributed by atoms with Crippen LogP contribution in [0.3, 0.4) is 0 Å². The maximum absolute atomic E-state index is 15.9. The number of halogens is 3. The van der Waals surface area contributed by atoms with Crippen molar-refractivity contribution in [1.29, 1.82) is 0 Å². The Bertz CT molecular complexity index is 2020. The number of carbonyl (C=O) groups excluding carboxylic acids is 5. The zero-order valence-corrected chi connectivity index (χ0v) is 33.8. The largest absolute Gasteiger partial charge is 0.444 e. The van der Waals surface area contributed by atoms with E-state index in [-0.39, 0.29) is 76.0 Å². The van der Waals surface area contributed by atoms with Gasteiger partial charge in [0.25, 0.3) is 11.8 Å². The zero-order valence-electron chi connectivity index (χ0n) is 33.8. The Morgan fingerprint density at radius 3 is 2.36 bits per heavy atom. The summed E-state index contributed by atoms with van der Waals surface area (Å²) in [7, 11) is 0. The Kier molecular flexibility index (Phi) is 14.4. The lowest BCUT2D eigenvalue weighted by Gasteiger charge is -2.42. The number of hydrogen-bond acceptors (Lipinski definition) is 9. The third-order valence-electron chi connectivity index (χ3n) is 9.95. The second-order valence-corrected chi connectivity index (χ2v) is 16.3. The summed E-state index contributed by atoms with van der Waals surface area (Å²) in [6.07, 6.45) is 1.29. The minimum Gasteiger partial charge on any atom is -0.444 e. The summed E-state index contributed by atoms with van der Waals surface area (Å²) < 4.78 is 58.4. The van der Waals surface area contributed by atoms with E-state index in [0.29, 0.717) is 0 Å². The van der Waals surface area contributed by atoms with E-state index in [0.717, 1.165) is 28.7 Å². The van der Waals surface area contributed by atoms with Crippen LogP contribution in [0.1, 0.15) is 58.5 Å². The summed E-state index contributed by atoms with van der Waals surface area (Å²) in [5.41, 5.74) is -1.43. The number of carbonyl (C=O) groups is 5. The van der Waals surface area contributed by atoms with Gasteiger partial charge in [0.15, 0.2) is 0 Å². The smallest absolute Gasteiger partial charge is 0.410 e. The number of alkyl halides is 1. The van der Waals surface area contributed by atoms with E-state index in [1.54, 1.807) is 39.2 Å². The summed E-state index contributed by atoms with van der Waals surface area (Å²) in [4.78, 5) is 72.4. The second kappa shape index (κ2) is 19.0. The Balaban J connectivity index is 1.48. The van der Waals surface area contributed by atoms with Gasteiger partial charge in [-0.3, -0.25) is 24.1 Å². The zero-order chi connectivity index (χ0) is 43.1. The van der Waals surface area contributed by atoms with E-state index in [2.05, 4.69) is 5.32 Å². The molecule has 59 heavy (non-hydrogen) atoms. The van der Waals surface area contributed by atoms with Crippen LogP contribution in [0.25, 0.3) is 11.3 Å². The average molecular weight is 825 g/mol. The van der Waals surface area contributed by atoms with E-state index in [1.807, 2.05) is 30.3 Å². The molecule has 2 aliphatic heterocycles. The van der Waals surface area contributed by atoms with Crippen molar-refractivity contribution in [3.8, 4) is 11.3 Å². The van der Waals surface area contributed by atoms with E-state index in [4.69, 9.17) is 14.5 Å². The molecule has 0 saturated carbocycles. The molecule has 2 N–H and O–H groups in total. The third kappa shape index (κ3) is 11.6. The van der Waals surface area contributed by atoms with Gasteiger partial charge in [-0.2, -0.15) is 0 Å². The molecule has 5 rings (SSSR count). The molecule has 3 aromatic rings. The first-order valence-electron chi connectivity index (χ1n) is 19.3. The molecular formula is C42H51F3N6O8. The normalized spacial score (nSPS) is 17.4. The molecule has 0 bridgehead atoms. The van der Waals surface area contributed by atoms with Crippen molar-refractivity contribution in [3.63, 3.8) is 0 Å². The minimum atomic E-state index is -1.59. The molecule has 0 radical (unpaired) electrons. The number of benzene rings is 2. The fraction of sp³-hybridized carbons (Fsp3) is 0.476. The number of nitrogens with one attached hydrogen (secondary N) is 1. The lowest BCUT2D eigenvalue weighted by Crippen LogP contribution is -2.49. The third-order valence-corrected chi connectivity index (χ3v) is 9.95. The molecule has 14 nitrogen and oxygen atoms in total. The number of ether oxygens (including phenoxy) is 2. The van der Waals surface area contributed by atoms with Gasteiger partial charge in [-0.25, -0.2) is 22.9 Å². The van der Waals surface area contributed by atoms with Crippen LogP contribution in [-0.4, -0.2) is 123 Å². The number of imidazole rings is 1. The van der Waals surface area contributed by atoms with Crippen LogP contribution in [0.5, 0.6) is 0 Å². The van der Waals surface area contributed by atoms with Crippen LogP contribution in [0.2, 0.25) is 0 Å². The van der Waals surface area contributed by atoms with Gasteiger partial charge in [0, 0.05) is 67.8 Å². The molecule has 3 atom stereocenters. The highest BCUT2D eigenvalue weighted by atomic mass is 19.1. The number of hydrogen-bond donors (Lipinski definition) is 2. The number of rotatable bonds is 17. The van der Waals surface area contributed by atoms with Crippen molar-refractivity contribution in [2.24, 2.45) is 11.3 Å². The number of imide groups is 1. The maximum Gasteiger partial charge on any atom is 0.410 e. The van der Waals surface area contributed by atoms with Gasteiger partial charge in [0.05, 0.1) is 38.0 Å². The first-order chi connectivity index (χ1) is 27.9. The molecule has 0 spiro atoms. The van der Waals surface area contributed by atoms with Crippen LogP contribution in [0.15, 0.2) is 66.9 Å². The van der Waals surface area contributed by atoms with Crippen LogP contribution in [0.4, 0.5) is 18.0 Å². The molecular weight excluding hydrogens is 773 g/mol. The van der Waals surface area contributed by atoms with Gasteiger partial charge in [-0.1, -0.05) is 44.2 Å². The molecule has 5 amide bonds. The van der Waals surface area contributed by atoms with Gasteiger partial charge in [-0.15, -0.1) is 0 Å². The van der Waals surface area contributed by atoms with Crippen molar-refractivity contribution in [2.45, 2.75) is 65.4 Å². The number of aromatic nitrogens is 2. The average Bonchev–Trinajstić information content (AvgIpc) is 3.85. The van der Waals surface area contributed by atoms with E-state index >= 15 is 8.78 Å². The van der Waals surface area contributed by atoms with Crippen molar-refractivity contribution in [3.05, 3.63) is 89.9 Å². The highest BCUT2D eigenvalue weighted by molar-refractivity contribution is 6.12. The number of aliphatic hydroxyl groups is 1. The van der Waals surface area contributed by atoms with E-state index in [9.17, 15) is 33.5 Å². The fourth-order valence-electron chi connectivity index (χ4n) is 7.21. The number of amides is 5. The van der Waals surface area contributed by atoms with Crippen LogP contribution >= 0.6 is 0 Å². The Morgan fingerprint density at radius 2 is 1.69 bits per heavy atom. The van der Waals surface area contributed by atoms with Crippen LogP contribution < -0.4 is 5.32 Å². The fourth-order valence-corrected chi connectivity index (χ4v) is 7.21. The summed E-state index contributed by atoms with van der Waals surface area (Å²) >= 11 is 0. The molecule has 3 heterocycles. The lowest BCUT2D eigenvalue weighted by molar-refractivity contribution is -0.143. The predicted octanol–water partition coefficient (Wildman–Crippen LogP) is 4.42. The van der Waals surface area contributed by atoms with Gasteiger partial charge >= 0.3 is 6.09 Å². The van der Waals surface area contributed by atoms with Gasteiger partial charge in [0.1, 0.15) is 35.8 Å². The summed E-state index contributed by atoms with van der Waals surface area (Å²) in [6.45, 7) is 7.04. The maximum atomic E-state index is 15.9. The number of aliphatic hydroxyl groups excluding tert-OH is 1. The monoisotopic (exact) mass is 824 g/mol. The van der Waals surface area contributed by atoms with E-state index in [1.165, 1.54) is 28.1 Å². The Morgan fingerprint density at radius 1 is 1.00 bits per heavy atom. The van der Waals surface area contributed by atoms with Crippen LogP contribution in [0, 0.1) is 23.0 Å². The first kappa shape index (κ1) is 44.6. The summed E-state index contributed by atoms with van der Waals surface area (Å²) in [6, 6.07) is 10.9. The highest BCUT2D eigenvalue weighted by Gasteiger charge is 2.46. The highest BCUT2D eigenvalue weighted by Crippen LogP contribution is 2.43. The molecule has 1 fully saturated rings. The molecule has 1 saturated heterocycles. The minimum absolute atomic E-state index is 0.0279. The van der Waals surface area contributed by atoms with Gasteiger partial charge < -0.3 is 34.3 Å². The van der Waals surface area contributed by atoms with Crippen molar-refractivity contribution in [1.82, 2.24) is 29.6 Å². The van der Waals surface area contributed by atoms with Crippen LogP contribution in [-0.2, 0) is 35.2 Å². The molecule has 17 heteroatoms. The van der Waals surface area contributed by atoms with Crippen molar-refractivity contribution in [2.75, 3.05) is 52.5 Å². The molecule has 318 valence electrons. The Hall–Kier alpha value is -5.55. The molecule has 0 aliphatic carbocycles. The summed E-state index contributed by atoms with van der Waals surface area (Å²) in [5, 5.41) is 13.1. The van der Waals surface area contributed by atoms with Crippen molar-refractivity contribution >= 4 is 29.7 Å². The standard InChI is InChI=1S/C42H51F3N6O8/c1-41(2,3)59-40(57)49-22-28(32(45)24-49)23-51(37(56)26-52)38(42(4,5)20-34(53)46-15-17-58-18-16-50-35(54)13-14-36(50)55)39-47-33(30-19-29(43)11-12-31(30)44)25-48(39)21-27-9-7-6-8-10-27/h6-14,19,25,28,32,38,52H,15-18,20-24,26H2,1-5H3,(H,46,53). The van der Waals surface area contributed by atoms with E-state index < -0.39 is 77.1 Å². The molecule has 2 aromatic carbocycles. The Labute approximate surface area is 340 Å². The van der Waals surface area contributed by atoms with Gasteiger partial charge in [-0.05, 0) is 44.5 Å².